The number of hydrogen-bond donors (Lipinski definition) is 1. The molecular weight excluding hydrogens is 317 g/mol. The lowest BCUT2D eigenvalue weighted by molar-refractivity contribution is -0.144. The molecule has 1 rings (SSSR count). The van der Waals surface area contributed by atoms with Gasteiger partial charge in [0.2, 0.25) is 0 Å². The van der Waals surface area contributed by atoms with Gasteiger partial charge in [-0.15, -0.1) is 0 Å². The molecule has 0 saturated carbocycles. The summed E-state index contributed by atoms with van der Waals surface area (Å²) in [6.07, 6.45) is 0. The highest BCUT2D eigenvalue weighted by Crippen LogP contribution is 2.18. The summed E-state index contributed by atoms with van der Waals surface area (Å²) in [5.74, 6) is -1.54. The number of methoxy groups -OCH3 is 1. The molecule has 0 aromatic heterocycles. The van der Waals surface area contributed by atoms with Crippen molar-refractivity contribution in [3.63, 3.8) is 0 Å². The third kappa shape index (κ3) is 4.02. The molecule has 1 amide bonds. The first-order chi connectivity index (χ1) is 8.86. The van der Waals surface area contributed by atoms with Gasteiger partial charge in [-0.2, -0.15) is 0 Å². The predicted octanol–water partition coefficient (Wildman–Crippen LogP) is 2.52. The first-order valence-electron chi connectivity index (χ1n) is 5.70. The van der Waals surface area contributed by atoms with Gasteiger partial charge in [0, 0.05) is 4.47 Å². The molecule has 6 heteroatoms. The van der Waals surface area contributed by atoms with E-state index in [2.05, 4.69) is 26.0 Å². The van der Waals surface area contributed by atoms with E-state index in [9.17, 15) is 14.0 Å². The van der Waals surface area contributed by atoms with Gasteiger partial charge in [0.25, 0.3) is 5.91 Å². The molecule has 0 heterocycles. The quantitative estimate of drug-likeness (QED) is 0.862. The summed E-state index contributed by atoms with van der Waals surface area (Å²) in [5, 5.41) is 2.58. The molecule has 0 radical (unpaired) electrons. The average Bonchev–Trinajstić information content (AvgIpc) is 2.34. The Labute approximate surface area is 119 Å². The number of hydrogen-bond acceptors (Lipinski definition) is 3. The topological polar surface area (TPSA) is 55.4 Å². The van der Waals surface area contributed by atoms with E-state index < -0.39 is 23.7 Å². The van der Waals surface area contributed by atoms with Gasteiger partial charge in [-0.3, -0.25) is 4.79 Å². The van der Waals surface area contributed by atoms with Crippen LogP contribution in [0, 0.1) is 11.7 Å². The van der Waals surface area contributed by atoms with Crippen LogP contribution in [0.3, 0.4) is 0 Å². The van der Waals surface area contributed by atoms with E-state index in [-0.39, 0.29) is 11.5 Å². The van der Waals surface area contributed by atoms with Gasteiger partial charge in [-0.05, 0) is 40.0 Å². The highest BCUT2D eigenvalue weighted by Gasteiger charge is 2.26. The number of benzene rings is 1. The van der Waals surface area contributed by atoms with Gasteiger partial charge in [-0.25, -0.2) is 9.18 Å². The van der Waals surface area contributed by atoms with Crippen molar-refractivity contribution < 1.29 is 18.7 Å². The van der Waals surface area contributed by atoms with E-state index in [1.54, 1.807) is 13.8 Å². The second-order valence-electron chi connectivity index (χ2n) is 4.34. The normalized spacial score (nSPS) is 12.1. The van der Waals surface area contributed by atoms with Gasteiger partial charge in [0.1, 0.15) is 11.9 Å². The molecule has 0 bridgehead atoms. The van der Waals surface area contributed by atoms with E-state index >= 15 is 0 Å². The van der Waals surface area contributed by atoms with Crippen molar-refractivity contribution in [2.24, 2.45) is 5.92 Å². The molecular formula is C13H15BrFNO3. The number of nitrogens with one attached hydrogen (secondary N) is 1. The van der Waals surface area contributed by atoms with Crippen LogP contribution in [-0.4, -0.2) is 25.0 Å². The Kier molecular flexibility index (Phi) is 5.47. The van der Waals surface area contributed by atoms with Crippen LogP contribution in [0.25, 0.3) is 0 Å². The van der Waals surface area contributed by atoms with Crippen LogP contribution in [-0.2, 0) is 9.53 Å². The average molecular weight is 332 g/mol. The van der Waals surface area contributed by atoms with Crippen molar-refractivity contribution in [3.8, 4) is 0 Å². The number of halogens is 2. The molecule has 19 heavy (non-hydrogen) atoms. The lowest BCUT2D eigenvalue weighted by Gasteiger charge is -2.20. The van der Waals surface area contributed by atoms with E-state index in [1.165, 1.54) is 25.3 Å². The third-order valence-corrected chi connectivity index (χ3v) is 3.24. The van der Waals surface area contributed by atoms with Gasteiger partial charge in [-0.1, -0.05) is 13.8 Å². The fraction of sp³-hybridized carbons (Fsp3) is 0.385. The standard InChI is InChI=1S/C13H15BrFNO3/c1-7(2)11(13(18)19-3)16-12(17)9-5-4-8(15)6-10(9)14/h4-7,11H,1-3H3,(H,16,17)/t11-/m1/s1. The minimum atomic E-state index is -0.741. The molecule has 1 aromatic carbocycles. The van der Waals surface area contributed by atoms with Crippen molar-refractivity contribution in [2.45, 2.75) is 19.9 Å². The number of carbonyl (C=O) groups excluding carboxylic acids is 2. The Bertz CT molecular complexity index is 491. The van der Waals surface area contributed by atoms with E-state index in [0.717, 1.165) is 0 Å². The van der Waals surface area contributed by atoms with Crippen LogP contribution in [0.15, 0.2) is 22.7 Å². The third-order valence-electron chi connectivity index (χ3n) is 2.58. The molecule has 104 valence electrons. The predicted molar refractivity (Wildman–Crippen MR) is 72.2 cm³/mol. The van der Waals surface area contributed by atoms with Crippen LogP contribution in [0.5, 0.6) is 0 Å². The van der Waals surface area contributed by atoms with Crippen molar-refractivity contribution in [1.82, 2.24) is 5.32 Å². The lowest BCUT2D eigenvalue weighted by atomic mass is 10.0. The van der Waals surface area contributed by atoms with E-state index in [0.29, 0.717) is 4.47 Å². The highest BCUT2D eigenvalue weighted by molar-refractivity contribution is 9.10. The second-order valence-corrected chi connectivity index (χ2v) is 5.20. The van der Waals surface area contributed by atoms with Gasteiger partial charge >= 0.3 is 5.97 Å². The molecule has 4 nitrogen and oxygen atoms in total. The van der Waals surface area contributed by atoms with Crippen molar-refractivity contribution >= 4 is 27.8 Å². The zero-order valence-corrected chi connectivity index (χ0v) is 12.5. The number of amides is 1. The molecule has 0 spiro atoms. The summed E-state index contributed by atoms with van der Waals surface area (Å²) in [6, 6.07) is 2.98. The van der Waals surface area contributed by atoms with Crippen LogP contribution in [0.4, 0.5) is 4.39 Å². The summed E-state index contributed by atoms with van der Waals surface area (Å²) in [4.78, 5) is 23.6. The fourth-order valence-corrected chi connectivity index (χ4v) is 2.05. The Morgan fingerprint density at radius 1 is 1.37 bits per heavy atom. The van der Waals surface area contributed by atoms with E-state index in [4.69, 9.17) is 0 Å². The summed E-state index contributed by atoms with van der Waals surface area (Å²) >= 11 is 3.11. The molecule has 1 aromatic rings. The molecule has 0 aliphatic carbocycles. The first kappa shape index (κ1) is 15.6. The monoisotopic (exact) mass is 331 g/mol. The Morgan fingerprint density at radius 3 is 2.47 bits per heavy atom. The zero-order valence-electron chi connectivity index (χ0n) is 10.9. The lowest BCUT2D eigenvalue weighted by Crippen LogP contribution is -2.45. The molecule has 0 aliphatic heterocycles. The smallest absolute Gasteiger partial charge is 0.328 e. The maximum Gasteiger partial charge on any atom is 0.328 e. The van der Waals surface area contributed by atoms with E-state index in [1.807, 2.05) is 0 Å². The fourth-order valence-electron chi connectivity index (χ4n) is 1.52. The van der Waals surface area contributed by atoms with Gasteiger partial charge in [0.05, 0.1) is 12.7 Å². The summed E-state index contributed by atoms with van der Waals surface area (Å²) in [5.41, 5.74) is 0.260. The largest absolute Gasteiger partial charge is 0.467 e. The molecule has 1 atom stereocenters. The minimum absolute atomic E-state index is 0.115. The van der Waals surface area contributed by atoms with Crippen LogP contribution < -0.4 is 5.32 Å². The summed E-state index contributed by atoms with van der Waals surface area (Å²) in [6.45, 7) is 3.59. The first-order valence-corrected chi connectivity index (χ1v) is 6.50. The minimum Gasteiger partial charge on any atom is -0.467 e. The number of carbonyl (C=O) groups is 2. The van der Waals surface area contributed by atoms with Crippen LogP contribution >= 0.6 is 15.9 Å². The molecule has 0 fully saturated rings. The van der Waals surface area contributed by atoms with Gasteiger partial charge in [0.15, 0.2) is 0 Å². The van der Waals surface area contributed by atoms with Crippen LogP contribution in [0.2, 0.25) is 0 Å². The maximum atomic E-state index is 12.9. The zero-order chi connectivity index (χ0) is 14.6. The van der Waals surface area contributed by atoms with Gasteiger partial charge < -0.3 is 10.1 Å². The Morgan fingerprint density at radius 2 is 2.00 bits per heavy atom. The molecule has 1 N–H and O–H groups in total. The molecule has 0 aliphatic rings. The molecule has 0 unspecified atom stereocenters. The van der Waals surface area contributed by atoms with Crippen molar-refractivity contribution in [2.75, 3.05) is 7.11 Å². The summed E-state index contributed by atoms with van der Waals surface area (Å²) in [7, 11) is 1.26. The Balaban J connectivity index is 2.91. The summed E-state index contributed by atoms with van der Waals surface area (Å²) < 4.78 is 17.9. The van der Waals surface area contributed by atoms with Crippen molar-refractivity contribution in [3.05, 3.63) is 34.1 Å². The number of rotatable bonds is 4. The van der Waals surface area contributed by atoms with Crippen LogP contribution in [0.1, 0.15) is 24.2 Å². The SMILES string of the molecule is COC(=O)[C@H](NC(=O)c1ccc(F)cc1Br)C(C)C. The molecule has 0 saturated heterocycles. The van der Waals surface area contributed by atoms with Crippen molar-refractivity contribution in [1.29, 1.82) is 0 Å². The number of esters is 1. The maximum absolute atomic E-state index is 12.9. The highest BCUT2D eigenvalue weighted by atomic mass is 79.9. The second kappa shape index (κ2) is 6.65. The number of ether oxygens (including phenoxy) is 1. The Hall–Kier alpha value is -1.43.